The van der Waals surface area contributed by atoms with Gasteiger partial charge in [-0.05, 0) is 31.9 Å². The number of anilines is 1. The molecule has 164 valence electrons. The van der Waals surface area contributed by atoms with Crippen LogP contribution in [-0.4, -0.2) is 46.6 Å². The molecule has 1 spiro atoms. The molecule has 0 atom stereocenters. The highest BCUT2D eigenvalue weighted by Gasteiger charge is 2.50. The number of alkyl halides is 2. The van der Waals surface area contributed by atoms with E-state index in [0.29, 0.717) is 46.4 Å². The maximum atomic E-state index is 13.9. The van der Waals surface area contributed by atoms with Crippen LogP contribution in [0.4, 0.5) is 19.3 Å². The Kier molecular flexibility index (Phi) is 5.63. The van der Waals surface area contributed by atoms with E-state index in [2.05, 4.69) is 15.6 Å². The fourth-order valence-electron chi connectivity index (χ4n) is 4.49. The molecule has 3 N–H and O–H groups in total. The van der Waals surface area contributed by atoms with Crippen molar-refractivity contribution in [3.05, 3.63) is 22.5 Å². The number of hydrogen-bond donors (Lipinski definition) is 3. The predicted octanol–water partition coefficient (Wildman–Crippen LogP) is 4.23. The number of amides is 2. The number of aliphatic hydroxyl groups is 1. The van der Waals surface area contributed by atoms with E-state index in [4.69, 9.17) is 16.0 Å². The summed E-state index contributed by atoms with van der Waals surface area (Å²) in [5.41, 5.74) is 0.962. The topological polar surface area (TPSA) is 90.6 Å². The molecule has 0 radical (unpaired) electrons. The first kappa shape index (κ1) is 21.3. The number of aliphatic hydroxyl groups excluding tert-OH is 1. The fourth-order valence-corrected chi connectivity index (χ4v) is 4.73. The number of urea groups is 1. The molecule has 0 saturated heterocycles. The monoisotopic (exact) mass is 442 g/mol. The minimum Gasteiger partial charge on any atom is -0.439 e. The zero-order valence-electron chi connectivity index (χ0n) is 16.7. The lowest BCUT2D eigenvalue weighted by molar-refractivity contribution is -0.0552. The quantitative estimate of drug-likeness (QED) is 0.623. The molecule has 4 rings (SSSR count). The van der Waals surface area contributed by atoms with Gasteiger partial charge >= 0.3 is 6.03 Å². The molecule has 2 heterocycles. The van der Waals surface area contributed by atoms with Crippen molar-refractivity contribution < 1.29 is 23.1 Å². The van der Waals surface area contributed by atoms with Gasteiger partial charge in [0.25, 0.3) is 0 Å². The van der Waals surface area contributed by atoms with Crippen LogP contribution in [0.15, 0.2) is 10.5 Å². The van der Waals surface area contributed by atoms with Crippen LogP contribution in [0.3, 0.4) is 0 Å². The number of carbonyl (C=O) groups excluding carboxylic acids is 1. The van der Waals surface area contributed by atoms with Gasteiger partial charge in [-0.3, -0.25) is 4.90 Å². The minimum atomic E-state index is -2.75. The Morgan fingerprint density at radius 1 is 1.30 bits per heavy atom. The summed E-state index contributed by atoms with van der Waals surface area (Å²) in [6.45, 7) is 3.73. The second kappa shape index (κ2) is 7.94. The molecule has 7 nitrogen and oxygen atoms in total. The van der Waals surface area contributed by atoms with E-state index >= 15 is 0 Å². The number of oxazole rings is 1. The van der Waals surface area contributed by atoms with Crippen LogP contribution < -0.4 is 10.6 Å². The molecule has 2 aromatic rings. The number of benzene rings is 1. The molecule has 1 aromatic heterocycles. The van der Waals surface area contributed by atoms with E-state index in [1.807, 2.05) is 11.8 Å². The number of rotatable bonds is 6. The summed E-state index contributed by atoms with van der Waals surface area (Å²) in [6, 6.07) is 1.15. The van der Waals surface area contributed by atoms with Gasteiger partial charge in [0, 0.05) is 24.9 Å². The van der Waals surface area contributed by atoms with E-state index in [1.54, 1.807) is 6.07 Å². The molecule has 10 heteroatoms. The third-order valence-corrected chi connectivity index (χ3v) is 6.19. The molecule has 1 aliphatic heterocycles. The molecule has 1 aliphatic carbocycles. The number of nitrogens with one attached hydrogen (secondary N) is 2. The van der Waals surface area contributed by atoms with Crippen LogP contribution in [0, 0.1) is 0 Å². The van der Waals surface area contributed by atoms with E-state index in [1.165, 1.54) is 0 Å². The van der Waals surface area contributed by atoms with Crippen molar-refractivity contribution in [2.75, 3.05) is 25.0 Å². The smallest absolute Gasteiger partial charge is 0.319 e. The van der Waals surface area contributed by atoms with Gasteiger partial charge in [-0.25, -0.2) is 18.6 Å². The Morgan fingerprint density at radius 2 is 2.03 bits per heavy atom. The largest absolute Gasteiger partial charge is 0.439 e. The van der Waals surface area contributed by atoms with Crippen molar-refractivity contribution in [1.82, 2.24) is 15.2 Å². The maximum Gasteiger partial charge on any atom is 0.319 e. The third kappa shape index (κ3) is 3.86. The van der Waals surface area contributed by atoms with Gasteiger partial charge in [0.2, 0.25) is 11.8 Å². The number of carbonyl (C=O) groups is 1. The fraction of sp³-hybridized carbons (Fsp3) is 0.600. The van der Waals surface area contributed by atoms with Gasteiger partial charge in [0.15, 0.2) is 5.58 Å². The number of fused-ring (bicyclic) bond motifs is 4. The first-order valence-electron chi connectivity index (χ1n) is 10.2. The zero-order valence-corrected chi connectivity index (χ0v) is 17.5. The summed E-state index contributed by atoms with van der Waals surface area (Å²) in [5, 5.41) is 15.1. The van der Waals surface area contributed by atoms with Crippen LogP contribution in [0.2, 0.25) is 5.02 Å². The lowest BCUT2D eigenvalue weighted by atomic mass is 9.73. The third-order valence-electron chi connectivity index (χ3n) is 5.90. The van der Waals surface area contributed by atoms with Gasteiger partial charge in [0.05, 0.1) is 29.4 Å². The lowest BCUT2D eigenvalue weighted by Gasteiger charge is -2.44. The number of hydrogen-bond acceptors (Lipinski definition) is 5. The van der Waals surface area contributed by atoms with Gasteiger partial charge in [-0.2, -0.15) is 0 Å². The molecule has 2 aliphatic rings. The van der Waals surface area contributed by atoms with Crippen molar-refractivity contribution in [2.45, 2.75) is 57.0 Å². The molecule has 0 unspecified atom stereocenters. The van der Waals surface area contributed by atoms with Gasteiger partial charge < -0.3 is 20.2 Å². The maximum absolute atomic E-state index is 13.9. The first-order chi connectivity index (χ1) is 14.3. The van der Waals surface area contributed by atoms with E-state index in [9.17, 15) is 18.7 Å². The van der Waals surface area contributed by atoms with Crippen LogP contribution >= 0.6 is 11.6 Å². The van der Waals surface area contributed by atoms with Crippen molar-refractivity contribution in [3.63, 3.8) is 0 Å². The van der Waals surface area contributed by atoms with Crippen LogP contribution in [0.25, 0.3) is 11.1 Å². The van der Waals surface area contributed by atoms with E-state index in [-0.39, 0.29) is 32.3 Å². The summed E-state index contributed by atoms with van der Waals surface area (Å²) < 4.78 is 33.9. The molecular formula is C20H25ClF2N4O3. The van der Waals surface area contributed by atoms with Crippen molar-refractivity contribution in [3.8, 4) is 0 Å². The normalized spacial score (nSPS) is 19.7. The summed E-state index contributed by atoms with van der Waals surface area (Å²) in [4.78, 5) is 18.9. The van der Waals surface area contributed by atoms with Crippen LogP contribution in [0.5, 0.6) is 0 Å². The van der Waals surface area contributed by atoms with Gasteiger partial charge in [-0.1, -0.05) is 18.5 Å². The Bertz CT molecular complexity index is 949. The average molecular weight is 443 g/mol. The van der Waals surface area contributed by atoms with Crippen LogP contribution in [-0.2, 0) is 12.1 Å². The highest BCUT2D eigenvalue weighted by Crippen LogP contribution is 2.51. The van der Waals surface area contributed by atoms with Gasteiger partial charge in [-0.15, -0.1) is 0 Å². The average Bonchev–Trinajstić information content (AvgIpc) is 3.06. The molecule has 0 bridgehead atoms. The summed E-state index contributed by atoms with van der Waals surface area (Å²) in [6.07, 6.45) is 0.413. The van der Waals surface area contributed by atoms with Gasteiger partial charge in [0.1, 0.15) is 5.52 Å². The van der Waals surface area contributed by atoms with Crippen molar-refractivity contribution in [2.24, 2.45) is 0 Å². The number of nitrogens with zero attached hydrogens (tertiary/aromatic N) is 2. The van der Waals surface area contributed by atoms with E-state index in [0.717, 1.165) is 13.0 Å². The standard InChI is InChI=1S/C20H25ClF2N4O3/c1-2-7-27(8-9-28)11-14-24-13-10-12(21)16-15(17(13)30-14)19(26-18(29)25-16)3-5-20(22,23)6-4-19/h10,28H,2-9,11H2,1H3,(H2,25,26,29). The van der Waals surface area contributed by atoms with Crippen LogP contribution in [0.1, 0.15) is 50.5 Å². The molecule has 1 fully saturated rings. The SMILES string of the molecule is CCCN(CCO)Cc1nc2cc(Cl)c3c(c2o1)C1(CCC(F)(F)CC1)NC(=O)N3. The van der Waals surface area contributed by atoms with Crippen molar-refractivity contribution >= 4 is 34.4 Å². The predicted molar refractivity (Wildman–Crippen MR) is 109 cm³/mol. The molecule has 2 amide bonds. The Labute approximate surface area is 177 Å². The minimum absolute atomic E-state index is 0.0225. The highest BCUT2D eigenvalue weighted by molar-refractivity contribution is 6.35. The highest BCUT2D eigenvalue weighted by atomic mass is 35.5. The Balaban J connectivity index is 1.79. The summed E-state index contributed by atoms with van der Waals surface area (Å²) in [7, 11) is 0. The molecule has 30 heavy (non-hydrogen) atoms. The van der Waals surface area contributed by atoms with Crippen molar-refractivity contribution in [1.29, 1.82) is 0 Å². The number of halogens is 3. The second-order valence-corrected chi connectivity index (χ2v) is 8.49. The van der Waals surface area contributed by atoms with E-state index < -0.39 is 17.5 Å². The molecular weight excluding hydrogens is 418 g/mol. The summed E-state index contributed by atoms with van der Waals surface area (Å²) in [5.74, 6) is -2.31. The summed E-state index contributed by atoms with van der Waals surface area (Å²) >= 11 is 6.44. The lowest BCUT2D eigenvalue weighted by Crippen LogP contribution is -2.54. The molecule has 1 aromatic carbocycles. The zero-order chi connectivity index (χ0) is 21.5. The molecule has 1 saturated carbocycles. The number of aromatic nitrogens is 1. The Morgan fingerprint density at radius 3 is 2.70 bits per heavy atom. The first-order valence-corrected chi connectivity index (χ1v) is 10.6. The second-order valence-electron chi connectivity index (χ2n) is 8.08. The Hall–Kier alpha value is -1.97.